The number of aliphatic hydroxyl groups is 1. The summed E-state index contributed by atoms with van der Waals surface area (Å²) in [6.45, 7) is 0.553. The molecule has 1 fully saturated rings. The molecule has 1 unspecified atom stereocenters. The minimum atomic E-state index is -0.697. The van der Waals surface area contributed by atoms with Gasteiger partial charge in [0.2, 0.25) is 0 Å². The lowest BCUT2D eigenvalue weighted by Crippen LogP contribution is -2.44. The lowest BCUT2D eigenvalue weighted by Gasteiger charge is -2.35. The Labute approximate surface area is 113 Å². The average molecular weight is 259 g/mol. The quantitative estimate of drug-likeness (QED) is 0.848. The Morgan fingerprint density at radius 2 is 2.37 bits per heavy atom. The van der Waals surface area contributed by atoms with E-state index in [2.05, 4.69) is 23.3 Å². The van der Waals surface area contributed by atoms with Crippen LogP contribution in [0.5, 0.6) is 0 Å². The van der Waals surface area contributed by atoms with E-state index in [4.69, 9.17) is 5.73 Å². The van der Waals surface area contributed by atoms with Gasteiger partial charge in [-0.15, -0.1) is 0 Å². The molecule has 19 heavy (non-hydrogen) atoms. The van der Waals surface area contributed by atoms with Crippen LogP contribution in [0.2, 0.25) is 0 Å². The standard InChI is InChI=1S/C15H21N3O/c16-13-6-4-8-15(19,9-13)11-18-14-7-3-1-2-5-12(14)10-17-18/h1-3,5,10,13,19H,4,6-9,11,16H2/t13-,15?/m1/s1. The number of hydrogen-bond acceptors (Lipinski definition) is 3. The van der Waals surface area contributed by atoms with Crippen molar-refractivity contribution in [3.63, 3.8) is 0 Å². The first kappa shape index (κ1) is 12.6. The molecule has 0 amide bonds. The third kappa shape index (κ3) is 2.65. The molecule has 0 saturated heterocycles. The zero-order valence-electron chi connectivity index (χ0n) is 11.1. The minimum Gasteiger partial charge on any atom is -0.388 e. The second-order valence-corrected chi connectivity index (χ2v) is 5.78. The van der Waals surface area contributed by atoms with E-state index in [9.17, 15) is 5.11 Å². The molecule has 0 spiro atoms. The van der Waals surface area contributed by atoms with E-state index >= 15 is 0 Å². The molecule has 0 radical (unpaired) electrons. The van der Waals surface area contributed by atoms with Gasteiger partial charge in [0.05, 0.1) is 18.3 Å². The van der Waals surface area contributed by atoms with Crippen LogP contribution in [0.25, 0.3) is 6.08 Å². The summed E-state index contributed by atoms with van der Waals surface area (Å²) in [4.78, 5) is 0. The fourth-order valence-electron chi connectivity index (χ4n) is 3.15. The van der Waals surface area contributed by atoms with Gasteiger partial charge in [0.1, 0.15) is 0 Å². The summed E-state index contributed by atoms with van der Waals surface area (Å²) in [6, 6.07) is 0.118. The van der Waals surface area contributed by atoms with E-state index in [0.29, 0.717) is 13.0 Å². The number of hydrogen-bond donors (Lipinski definition) is 2. The molecule has 2 aliphatic rings. The van der Waals surface area contributed by atoms with E-state index in [1.807, 2.05) is 17.0 Å². The van der Waals surface area contributed by atoms with Gasteiger partial charge in [-0.1, -0.05) is 24.3 Å². The van der Waals surface area contributed by atoms with Crippen molar-refractivity contribution in [2.75, 3.05) is 0 Å². The fourth-order valence-corrected chi connectivity index (χ4v) is 3.15. The molecular weight excluding hydrogens is 238 g/mol. The second kappa shape index (κ2) is 4.94. The van der Waals surface area contributed by atoms with Crippen LogP contribution in [0.3, 0.4) is 0 Å². The summed E-state index contributed by atoms with van der Waals surface area (Å²) >= 11 is 0. The Bertz CT molecular complexity index is 517. The topological polar surface area (TPSA) is 64.1 Å². The zero-order chi connectivity index (χ0) is 13.3. The van der Waals surface area contributed by atoms with Crippen LogP contribution in [0, 0.1) is 0 Å². The van der Waals surface area contributed by atoms with Crippen molar-refractivity contribution in [3.05, 3.63) is 35.7 Å². The first-order valence-electron chi connectivity index (χ1n) is 7.02. The van der Waals surface area contributed by atoms with Gasteiger partial charge in [-0.3, -0.25) is 4.68 Å². The van der Waals surface area contributed by atoms with Gasteiger partial charge in [-0.05, 0) is 25.7 Å². The first-order valence-corrected chi connectivity index (χ1v) is 7.02. The molecule has 0 aromatic carbocycles. The summed E-state index contributed by atoms with van der Waals surface area (Å²) in [7, 11) is 0. The highest BCUT2D eigenvalue weighted by Crippen LogP contribution is 2.30. The van der Waals surface area contributed by atoms with Crippen LogP contribution < -0.4 is 5.73 Å². The summed E-state index contributed by atoms with van der Waals surface area (Å²) in [5, 5.41) is 15.1. The second-order valence-electron chi connectivity index (χ2n) is 5.78. The maximum absolute atomic E-state index is 10.7. The number of fused-ring (bicyclic) bond motifs is 1. The largest absolute Gasteiger partial charge is 0.388 e. The Hall–Kier alpha value is -1.39. The Morgan fingerprint density at radius 3 is 3.21 bits per heavy atom. The summed E-state index contributed by atoms with van der Waals surface area (Å²) in [6.07, 6.45) is 14.5. The SMILES string of the molecule is N[C@@H]1CCCC(O)(Cn2ncc3c2CC=CC=C3)C1. The van der Waals surface area contributed by atoms with E-state index in [1.54, 1.807) is 0 Å². The van der Waals surface area contributed by atoms with Crippen LogP contribution in [0.15, 0.2) is 24.4 Å². The average Bonchev–Trinajstić information content (AvgIpc) is 2.60. The molecule has 102 valence electrons. The van der Waals surface area contributed by atoms with Crippen molar-refractivity contribution >= 4 is 6.08 Å². The van der Waals surface area contributed by atoms with Crippen molar-refractivity contribution in [2.24, 2.45) is 5.73 Å². The van der Waals surface area contributed by atoms with Crippen molar-refractivity contribution in [1.29, 1.82) is 0 Å². The van der Waals surface area contributed by atoms with Crippen molar-refractivity contribution in [2.45, 2.75) is 50.3 Å². The number of allylic oxidation sites excluding steroid dienone is 3. The van der Waals surface area contributed by atoms with Crippen LogP contribution in [-0.2, 0) is 13.0 Å². The predicted octanol–water partition coefficient (Wildman–Crippen LogP) is 1.64. The van der Waals surface area contributed by atoms with E-state index in [-0.39, 0.29) is 6.04 Å². The first-order chi connectivity index (χ1) is 9.16. The highest BCUT2D eigenvalue weighted by Gasteiger charge is 2.34. The highest BCUT2D eigenvalue weighted by molar-refractivity contribution is 5.54. The molecule has 1 heterocycles. The molecular formula is C15H21N3O. The minimum absolute atomic E-state index is 0.118. The smallest absolute Gasteiger partial charge is 0.0857 e. The van der Waals surface area contributed by atoms with Gasteiger partial charge in [0, 0.05) is 23.7 Å². The number of nitrogens with two attached hydrogens (primary N) is 1. The normalized spacial score (nSPS) is 30.1. The molecule has 1 aromatic rings. The number of rotatable bonds is 2. The number of nitrogens with zero attached hydrogens (tertiary/aromatic N) is 2. The molecule has 1 saturated carbocycles. The van der Waals surface area contributed by atoms with Gasteiger partial charge in [0.25, 0.3) is 0 Å². The maximum atomic E-state index is 10.7. The van der Waals surface area contributed by atoms with Gasteiger partial charge >= 0.3 is 0 Å². The van der Waals surface area contributed by atoms with E-state index < -0.39 is 5.60 Å². The van der Waals surface area contributed by atoms with Crippen molar-refractivity contribution in [1.82, 2.24) is 9.78 Å². The lowest BCUT2D eigenvalue weighted by molar-refractivity contribution is -0.0206. The molecule has 1 aromatic heterocycles. The summed E-state index contributed by atoms with van der Waals surface area (Å²) < 4.78 is 1.95. The van der Waals surface area contributed by atoms with Crippen molar-refractivity contribution in [3.8, 4) is 0 Å². The fraction of sp³-hybridized carbons (Fsp3) is 0.533. The van der Waals surface area contributed by atoms with Crippen molar-refractivity contribution < 1.29 is 5.11 Å². The van der Waals surface area contributed by atoms with Crippen LogP contribution in [-0.4, -0.2) is 26.5 Å². The molecule has 2 atom stereocenters. The molecule has 0 aliphatic heterocycles. The van der Waals surface area contributed by atoms with Gasteiger partial charge < -0.3 is 10.8 Å². The van der Waals surface area contributed by atoms with E-state index in [0.717, 1.165) is 31.2 Å². The molecule has 3 rings (SSSR count). The van der Waals surface area contributed by atoms with Crippen LogP contribution in [0.1, 0.15) is 36.9 Å². The lowest BCUT2D eigenvalue weighted by atomic mass is 9.82. The maximum Gasteiger partial charge on any atom is 0.0857 e. The third-order valence-corrected chi connectivity index (χ3v) is 4.12. The summed E-state index contributed by atoms with van der Waals surface area (Å²) in [5.41, 5.74) is 7.62. The highest BCUT2D eigenvalue weighted by atomic mass is 16.3. The van der Waals surface area contributed by atoms with E-state index in [1.165, 1.54) is 5.69 Å². The Morgan fingerprint density at radius 1 is 1.47 bits per heavy atom. The Kier molecular flexibility index (Phi) is 3.29. The molecule has 4 nitrogen and oxygen atoms in total. The zero-order valence-corrected chi connectivity index (χ0v) is 11.1. The Balaban J connectivity index is 1.82. The van der Waals surface area contributed by atoms with Crippen LogP contribution >= 0.6 is 0 Å². The molecule has 2 aliphatic carbocycles. The monoisotopic (exact) mass is 259 g/mol. The molecule has 4 heteroatoms. The third-order valence-electron chi connectivity index (χ3n) is 4.12. The summed E-state index contributed by atoms with van der Waals surface area (Å²) in [5.74, 6) is 0. The van der Waals surface area contributed by atoms with Gasteiger partial charge in [-0.25, -0.2) is 0 Å². The molecule has 0 bridgehead atoms. The predicted molar refractivity (Wildman–Crippen MR) is 75.5 cm³/mol. The van der Waals surface area contributed by atoms with Gasteiger partial charge in [0.15, 0.2) is 0 Å². The molecule has 3 N–H and O–H groups in total. The van der Waals surface area contributed by atoms with Crippen LogP contribution in [0.4, 0.5) is 0 Å². The number of aromatic nitrogens is 2. The van der Waals surface area contributed by atoms with Gasteiger partial charge in [-0.2, -0.15) is 5.10 Å².